The Morgan fingerprint density at radius 2 is 1.97 bits per heavy atom. The van der Waals surface area contributed by atoms with Crippen LogP contribution >= 0.6 is 0 Å². The SMILES string of the molecule is Cc1noc2nc(-c3ccccc3)cc(C(=O)Nc3ccnn3C3CCCC3)c12. The second kappa shape index (κ2) is 7.16. The molecule has 7 heteroatoms. The summed E-state index contributed by atoms with van der Waals surface area (Å²) in [5.41, 5.74) is 3.07. The molecule has 146 valence electrons. The zero-order chi connectivity index (χ0) is 19.8. The van der Waals surface area contributed by atoms with Crippen LogP contribution in [0.15, 0.2) is 53.2 Å². The highest BCUT2D eigenvalue weighted by atomic mass is 16.5. The predicted octanol–water partition coefficient (Wildman–Crippen LogP) is 4.76. The van der Waals surface area contributed by atoms with Crippen molar-refractivity contribution in [3.05, 3.63) is 59.9 Å². The minimum absolute atomic E-state index is 0.222. The summed E-state index contributed by atoms with van der Waals surface area (Å²) in [7, 11) is 0. The fraction of sp³-hybridized carbons (Fsp3) is 0.273. The number of carbonyl (C=O) groups is 1. The molecule has 3 aromatic heterocycles. The quantitative estimate of drug-likeness (QED) is 0.545. The smallest absolute Gasteiger partial charge is 0.259 e. The highest BCUT2D eigenvalue weighted by molar-refractivity contribution is 6.12. The zero-order valence-corrected chi connectivity index (χ0v) is 16.1. The van der Waals surface area contributed by atoms with Gasteiger partial charge in [-0.05, 0) is 25.8 Å². The first kappa shape index (κ1) is 17.6. The zero-order valence-electron chi connectivity index (χ0n) is 16.1. The second-order valence-electron chi connectivity index (χ2n) is 7.42. The van der Waals surface area contributed by atoms with Gasteiger partial charge in [0.25, 0.3) is 11.6 Å². The Morgan fingerprint density at radius 3 is 2.76 bits per heavy atom. The van der Waals surface area contributed by atoms with Crippen LogP contribution in [0.5, 0.6) is 0 Å². The monoisotopic (exact) mass is 387 g/mol. The molecule has 1 saturated carbocycles. The number of nitrogens with one attached hydrogen (secondary N) is 1. The number of anilines is 1. The van der Waals surface area contributed by atoms with Crippen LogP contribution < -0.4 is 5.32 Å². The summed E-state index contributed by atoms with van der Waals surface area (Å²) in [4.78, 5) is 17.8. The third-order valence-corrected chi connectivity index (χ3v) is 5.51. The Morgan fingerprint density at radius 1 is 1.17 bits per heavy atom. The van der Waals surface area contributed by atoms with Gasteiger partial charge in [-0.1, -0.05) is 48.3 Å². The number of hydrogen-bond donors (Lipinski definition) is 1. The molecule has 0 radical (unpaired) electrons. The largest absolute Gasteiger partial charge is 0.335 e. The van der Waals surface area contributed by atoms with E-state index in [2.05, 4.69) is 20.6 Å². The summed E-state index contributed by atoms with van der Waals surface area (Å²) in [5, 5.41) is 12.1. The highest BCUT2D eigenvalue weighted by Crippen LogP contribution is 2.32. The van der Waals surface area contributed by atoms with Gasteiger partial charge in [0, 0.05) is 11.6 Å². The van der Waals surface area contributed by atoms with Gasteiger partial charge in [0.05, 0.1) is 34.6 Å². The molecule has 0 aliphatic heterocycles. The lowest BCUT2D eigenvalue weighted by atomic mass is 10.1. The Labute approximate surface area is 167 Å². The molecule has 3 heterocycles. The molecule has 4 aromatic rings. The van der Waals surface area contributed by atoms with Gasteiger partial charge in [0.1, 0.15) is 5.82 Å². The minimum Gasteiger partial charge on any atom is -0.335 e. The summed E-state index contributed by atoms with van der Waals surface area (Å²) in [5.74, 6) is 0.489. The maximum absolute atomic E-state index is 13.3. The minimum atomic E-state index is -0.222. The van der Waals surface area contributed by atoms with Crippen molar-refractivity contribution < 1.29 is 9.32 Å². The van der Waals surface area contributed by atoms with Gasteiger partial charge in [-0.3, -0.25) is 4.79 Å². The third-order valence-electron chi connectivity index (χ3n) is 5.51. The van der Waals surface area contributed by atoms with E-state index in [0.717, 1.165) is 18.4 Å². The van der Waals surface area contributed by atoms with Crippen LogP contribution in [-0.2, 0) is 0 Å². The van der Waals surface area contributed by atoms with Crippen LogP contribution in [0.3, 0.4) is 0 Å². The van der Waals surface area contributed by atoms with E-state index in [0.29, 0.717) is 39.9 Å². The molecule has 0 bridgehead atoms. The van der Waals surface area contributed by atoms with Crippen LogP contribution in [0.2, 0.25) is 0 Å². The van der Waals surface area contributed by atoms with Crippen LogP contribution in [0, 0.1) is 6.92 Å². The number of rotatable bonds is 4. The fourth-order valence-electron chi connectivity index (χ4n) is 4.07. The van der Waals surface area contributed by atoms with E-state index in [1.54, 1.807) is 12.3 Å². The van der Waals surface area contributed by atoms with Crippen molar-refractivity contribution in [3.63, 3.8) is 0 Å². The molecule has 1 N–H and O–H groups in total. The molecule has 7 nitrogen and oxygen atoms in total. The van der Waals surface area contributed by atoms with E-state index < -0.39 is 0 Å². The van der Waals surface area contributed by atoms with E-state index >= 15 is 0 Å². The first-order chi connectivity index (χ1) is 14.2. The van der Waals surface area contributed by atoms with Crippen molar-refractivity contribution in [1.29, 1.82) is 0 Å². The van der Waals surface area contributed by atoms with E-state index in [9.17, 15) is 4.79 Å². The van der Waals surface area contributed by atoms with E-state index in [-0.39, 0.29) is 5.91 Å². The molecule has 0 unspecified atom stereocenters. The number of hydrogen-bond acceptors (Lipinski definition) is 5. The molecular weight excluding hydrogens is 366 g/mol. The van der Waals surface area contributed by atoms with Gasteiger partial charge in [-0.25, -0.2) is 9.67 Å². The number of amides is 1. The number of pyridine rings is 1. The molecule has 1 aliphatic carbocycles. The Hall–Kier alpha value is -3.48. The van der Waals surface area contributed by atoms with Gasteiger partial charge >= 0.3 is 0 Å². The van der Waals surface area contributed by atoms with Crippen molar-refractivity contribution >= 4 is 22.8 Å². The molecule has 0 atom stereocenters. The Kier molecular flexibility index (Phi) is 4.35. The molecule has 1 fully saturated rings. The normalized spacial score (nSPS) is 14.5. The molecule has 5 rings (SSSR count). The number of benzene rings is 1. The van der Waals surface area contributed by atoms with Gasteiger partial charge in [-0.2, -0.15) is 5.10 Å². The van der Waals surface area contributed by atoms with Crippen molar-refractivity contribution in [2.75, 3.05) is 5.32 Å². The number of carbonyl (C=O) groups excluding carboxylic acids is 1. The van der Waals surface area contributed by atoms with Crippen molar-refractivity contribution in [3.8, 4) is 11.3 Å². The average molecular weight is 387 g/mol. The predicted molar refractivity (Wildman–Crippen MR) is 110 cm³/mol. The molecule has 1 amide bonds. The Balaban J connectivity index is 1.55. The lowest BCUT2D eigenvalue weighted by molar-refractivity contribution is 0.102. The lowest BCUT2D eigenvalue weighted by Gasteiger charge is -2.15. The average Bonchev–Trinajstić information content (AvgIpc) is 3.49. The molecule has 0 saturated heterocycles. The first-order valence-electron chi connectivity index (χ1n) is 9.88. The van der Waals surface area contributed by atoms with E-state index in [4.69, 9.17) is 4.52 Å². The maximum Gasteiger partial charge on any atom is 0.259 e. The molecular formula is C22H21N5O2. The first-order valence-corrected chi connectivity index (χ1v) is 9.88. The van der Waals surface area contributed by atoms with Crippen molar-refractivity contribution in [2.45, 2.75) is 38.6 Å². The lowest BCUT2D eigenvalue weighted by Crippen LogP contribution is -2.18. The number of aryl methyl sites for hydroxylation is 1. The topological polar surface area (TPSA) is 85.8 Å². The van der Waals surface area contributed by atoms with Gasteiger partial charge < -0.3 is 9.84 Å². The molecule has 0 spiro atoms. The molecule has 29 heavy (non-hydrogen) atoms. The van der Waals surface area contributed by atoms with Crippen LogP contribution in [0.25, 0.3) is 22.4 Å². The standard InChI is InChI=1S/C22H21N5O2/c1-14-20-17(13-18(24-22(20)29-26-14)15-7-3-2-4-8-15)21(28)25-19-11-12-23-27(19)16-9-5-6-10-16/h2-4,7-8,11-13,16H,5-6,9-10H2,1H3,(H,25,28). The summed E-state index contributed by atoms with van der Waals surface area (Å²) in [6.45, 7) is 1.81. The fourth-order valence-corrected chi connectivity index (χ4v) is 4.07. The molecule has 1 aliphatic rings. The maximum atomic E-state index is 13.3. The van der Waals surface area contributed by atoms with Gasteiger partial charge in [0.15, 0.2) is 0 Å². The highest BCUT2D eigenvalue weighted by Gasteiger charge is 2.23. The summed E-state index contributed by atoms with van der Waals surface area (Å²) < 4.78 is 7.32. The Bertz CT molecular complexity index is 1170. The van der Waals surface area contributed by atoms with Crippen molar-refractivity contribution in [2.24, 2.45) is 0 Å². The third kappa shape index (κ3) is 3.18. The number of fused-ring (bicyclic) bond motifs is 1. The molecule has 1 aromatic carbocycles. The van der Waals surface area contributed by atoms with E-state index in [1.165, 1.54) is 12.8 Å². The van der Waals surface area contributed by atoms with Crippen LogP contribution in [0.4, 0.5) is 5.82 Å². The van der Waals surface area contributed by atoms with Crippen LogP contribution in [-0.4, -0.2) is 25.8 Å². The summed E-state index contributed by atoms with van der Waals surface area (Å²) in [6.07, 6.45) is 6.31. The number of aromatic nitrogens is 4. The number of nitrogens with zero attached hydrogens (tertiary/aromatic N) is 4. The van der Waals surface area contributed by atoms with Gasteiger partial charge in [-0.15, -0.1) is 0 Å². The summed E-state index contributed by atoms with van der Waals surface area (Å²) in [6, 6.07) is 13.7. The van der Waals surface area contributed by atoms with Crippen LogP contribution in [0.1, 0.15) is 47.8 Å². The second-order valence-corrected chi connectivity index (χ2v) is 7.42. The van der Waals surface area contributed by atoms with Crippen molar-refractivity contribution in [1.82, 2.24) is 19.9 Å². The van der Waals surface area contributed by atoms with E-state index in [1.807, 2.05) is 48.0 Å². The van der Waals surface area contributed by atoms with Gasteiger partial charge in [0.2, 0.25) is 0 Å². The summed E-state index contributed by atoms with van der Waals surface area (Å²) >= 11 is 0.